The summed E-state index contributed by atoms with van der Waals surface area (Å²) in [5, 5.41) is 0. The molecule has 0 aromatic rings. The molecule has 0 amide bonds. The molecular weight excluding hydrogens is 184 g/mol. The van der Waals surface area contributed by atoms with Gasteiger partial charge in [-0.1, -0.05) is 6.92 Å². The van der Waals surface area contributed by atoms with Gasteiger partial charge in [-0.15, -0.1) is 0 Å². The molecule has 1 aliphatic heterocycles. The number of hydrogen-bond donors (Lipinski definition) is 0. The number of methoxy groups -OCH3 is 1. The third kappa shape index (κ3) is 3.27. The predicted molar refractivity (Wildman–Crippen MR) is 50.8 cm³/mol. The summed E-state index contributed by atoms with van der Waals surface area (Å²) >= 11 is 0. The van der Waals surface area contributed by atoms with Gasteiger partial charge in [0.1, 0.15) is 0 Å². The summed E-state index contributed by atoms with van der Waals surface area (Å²) in [5.41, 5.74) is 0. The Morgan fingerprint density at radius 2 is 2.36 bits per heavy atom. The van der Waals surface area contributed by atoms with Crippen LogP contribution in [0.15, 0.2) is 0 Å². The SMILES string of the molecule is CC[C@H](O[C@H]1CCCCO1)C(=O)OC. The van der Waals surface area contributed by atoms with Crippen LogP contribution in [0.2, 0.25) is 0 Å². The van der Waals surface area contributed by atoms with Crippen molar-refractivity contribution in [3.8, 4) is 0 Å². The molecule has 0 aromatic heterocycles. The first-order valence-electron chi connectivity index (χ1n) is 5.12. The Morgan fingerprint density at radius 3 is 2.86 bits per heavy atom. The Labute approximate surface area is 84.5 Å². The summed E-state index contributed by atoms with van der Waals surface area (Å²) in [7, 11) is 1.37. The molecule has 0 radical (unpaired) electrons. The first kappa shape index (κ1) is 11.5. The third-order valence-corrected chi connectivity index (χ3v) is 2.29. The van der Waals surface area contributed by atoms with Crippen LogP contribution in [0, 0.1) is 0 Å². The molecule has 0 unspecified atom stereocenters. The van der Waals surface area contributed by atoms with Gasteiger partial charge >= 0.3 is 5.97 Å². The Balaban J connectivity index is 2.34. The summed E-state index contributed by atoms with van der Waals surface area (Å²) in [5.74, 6) is -0.318. The van der Waals surface area contributed by atoms with Gasteiger partial charge in [0.2, 0.25) is 0 Å². The van der Waals surface area contributed by atoms with Crippen molar-refractivity contribution in [3.63, 3.8) is 0 Å². The Hall–Kier alpha value is -0.610. The second-order valence-corrected chi connectivity index (χ2v) is 3.35. The van der Waals surface area contributed by atoms with Crippen LogP contribution in [-0.4, -0.2) is 32.1 Å². The van der Waals surface area contributed by atoms with Crippen LogP contribution < -0.4 is 0 Å². The lowest BCUT2D eigenvalue weighted by Gasteiger charge is -2.25. The fourth-order valence-electron chi connectivity index (χ4n) is 1.45. The highest BCUT2D eigenvalue weighted by Gasteiger charge is 2.24. The molecule has 1 saturated heterocycles. The quantitative estimate of drug-likeness (QED) is 0.648. The average molecular weight is 202 g/mol. The van der Waals surface area contributed by atoms with Gasteiger partial charge < -0.3 is 14.2 Å². The summed E-state index contributed by atoms with van der Waals surface area (Å²) < 4.78 is 15.5. The maximum Gasteiger partial charge on any atom is 0.335 e. The van der Waals surface area contributed by atoms with E-state index in [1.807, 2.05) is 6.92 Å². The van der Waals surface area contributed by atoms with E-state index < -0.39 is 6.10 Å². The van der Waals surface area contributed by atoms with Gasteiger partial charge in [-0.25, -0.2) is 4.79 Å². The van der Waals surface area contributed by atoms with Crippen molar-refractivity contribution in [2.24, 2.45) is 0 Å². The molecular formula is C10H18O4. The molecule has 0 bridgehead atoms. The normalized spacial score (nSPS) is 24.3. The molecule has 2 atom stereocenters. The van der Waals surface area contributed by atoms with E-state index in [-0.39, 0.29) is 12.3 Å². The van der Waals surface area contributed by atoms with Crippen LogP contribution >= 0.6 is 0 Å². The maximum atomic E-state index is 11.2. The van der Waals surface area contributed by atoms with Crippen molar-refractivity contribution in [1.29, 1.82) is 0 Å². The summed E-state index contributed by atoms with van der Waals surface area (Å²) in [6, 6.07) is 0. The second-order valence-electron chi connectivity index (χ2n) is 3.35. The molecule has 0 saturated carbocycles. The summed E-state index contributed by atoms with van der Waals surface area (Å²) in [4.78, 5) is 11.2. The molecule has 0 N–H and O–H groups in total. The highest BCUT2D eigenvalue weighted by molar-refractivity contribution is 5.74. The van der Waals surface area contributed by atoms with Crippen LogP contribution in [-0.2, 0) is 19.0 Å². The standard InChI is InChI=1S/C10H18O4/c1-3-8(10(11)12-2)14-9-6-4-5-7-13-9/h8-9H,3-7H2,1-2H3/t8-,9-/m0/s1. The Bertz CT molecular complexity index is 175. The minimum atomic E-state index is -0.483. The molecule has 1 fully saturated rings. The van der Waals surface area contributed by atoms with E-state index in [2.05, 4.69) is 4.74 Å². The molecule has 14 heavy (non-hydrogen) atoms. The van der Waals surface area contributed by atoms with Gasteiger partial charge in [-0.3, -0.25) is 0 Å². The number of hydrogen-bond acceptors (Lipinski definition) is 4. The lowest BCUT2D eigenvalue weighted by atomic mass is 10.2. The van der Waals surface area contributed by atoms with Gasteiger partial charge in [0.25, 0.3) is 0 Å². The van der Waals surface area contributed by atoms with Gasteiger partial charge in [0.15, 0.2) is 12.4 Å². The molecule has 4 nitrogen and oxygen atoms in total. The molecule has 1 aliphatic rings. The third-order valence-electron chi connectivity index (χ3n) is 2.29. The van der Waals surface area contributed by atoms with E-state index >= 15 is 0 Å². The molecule has 0 aliphatic carbocycles. The van der Waals surface area contributed by atoms with Crippen LogP contribution in [0.5, 0.6) is 0 Å². The van der Waals surface area contributed by atoms with E-state index in [9.17, 15) is 4.79 Å². The molecule has 0 spiro atoms. The Morgan fingerprint density at radius 1 is 1.57 bits per heavy atom. The largest absolute Gasteiger partial charge is 0.467 e. The van der Waals surface area contributed by atoms with Gasteiger partial charge in [0.05, 0.1) is 7.11 Å². The molecule has 0 aromatic carbocycles. The highest BCUT2D eigenvalue weighted by Crippen LogP contribution is 2.16. The zero-order chi connectivity index (χ0) is 10.4. The number of carbonyl (C=O) groups excluding carboxylic acids is 1. The van der Waals surface area contributed by atoms with E-state index in [0.29, 0.717) is 6.42 Å². The topological polar surface area (TPSA) is 44.8 Å². The lowest BCUT2D eigenvalue weighted by Crippen LogP contribution is -2.33. The van der Waals surface area contributed by atoms with Gasteiger partial charge in [-0.05, 0) is 25.7 Å². The van der Waals surface area contributed by atoms with Crippen LogP contribution in [0.4, 0.5) is 0 Å². The van der Waals surface area contributed by atoms with Crippen LogP contribution in [0.25, 0.3) is 0 Å². The van der Waals surface area contributed by atoms with E-state index in [1.165, 1.54) is 7.11 Å². The van der Waals surface area contributed by atoms with E-state index in [1.54, 1.807) is 0 Å². The van der Waals surface area contributed by atoms with Crippen molar-refractivity contribution < 1.29 is 19.0 Å². The summed E-state index contributed by atoms with van der Waals surface area (Å²) in [6.07, 6.45) is 2.95. The van der Waals surface area contributed by atoms with Gasteiger partial charge in [0, 0.05) is 6.61 Å². The molecule has 1 heterocycles. The number of ether oxygens (including phenoxy) is 3. The first-order valence-corrected chi connectivity index (χ1v) is 5.12. The van der Waals surface area contributed by atoms with Crippen molar-refractivity contribution in [2.45, 2.75) is 45.0 Å². The fraction of sp³-hybridized carbons (Fsp3) is 0.900. The minimum absolute atomic E-state index is 0.229. The highest BCUT2D eigenvalue weighted by atomic mass is 16.7. The monoisotopic (exact) mass is 202 g/mol. The summed E-state index contributed by atoms with van der Waals surface area (Å²) in [6.45, 7) is 2.62. The predicted octanol–water partition coefficient (Wildman–Crippen LogP) is 1.48. The van der Waals surface area contributed by atoms with Crippen LogP contribution in [0.1, 0.15) is 32.6 Å². The fourth-order valence-corrected chi connectivity index (χ4v) is 1.45. The zero-order valence-corrected chi connectivity index (χ0v) is 8.82. The lowest BCUT2D eigenvalue weighted by molar-refractivity contribution is -0.202. The Kier molecular flexibility index (Phi) is 4.90. The number of carbonyl (C=O) groups is 1. The zero-order valence-electron chi connectivity index (χ0n) is 8.82. The van der Waals surface area contributed by atoms with E-state index in [0.717, 1.165) is 25.9 Å². The number of rotatable bonds is 4. The second kappa shape index (κ2) is 5.98. The molecule has 4 heteroatoms. The van der Waals surface area contributed by atoms with Crippen molar-refractivity contribution in [2.75, 3.05) is 13.7 Å². The number of esters is 1. The maximum absolute atomic E-state index is 11.2. The van der Waals surface area contributed by atoms with Crippen molar-refractivity contribution >= 4 is 5.97 Å². The van der Waals surface area contributed by atoms with E-state index in [4.69, 9.17) is 9.47 Å². The van der Waals surface area contributed by atoms with Crippen molar-refractivity contribution in [3.05, 3.63) is 0 Å². The molecule has 82 valence electrons. The molecule has 1 rings (SSSR count). The minimum Gasteiger partial charge on any atom is -0.467 e. The van der Waals surface area contributed by atoms with Crippen LogP contribution in [0.3, 0.4) is 0 Å². The van der Waals surface area contributed by atoms with Crippen molar-refractivity contribution in [1.82, 2.24) is 0 Å². The smallest absolute Gasteiger partial charge is 0.335 e. The van der Waals surface area contributed by atoms with Gasteiger partial charge in [-0.2, -0.15) is 0 Å². The first-order chi connectivity index (χ1) is 6.77. The average Bonchev–Trinajstić information content (AvgIpc) is 2.26.